The van der Waals surface area contributed by atoms with E-state index in [1.807, 2.05) is 26.0 Å². The molecule has 0 aliphatic rings. The molecule has 1 aromatic rings. The van der Waals surface area contributed by atoms with Crippen molar-refractivity contribution in [2.75, 3.05) is 6.54 Å². The Bertz CT molecular complexity index is 335. The van der Waals surface area contributed by atoms with Crippen molar-refractivity contribution >= 4 is 5.91 Å². The first-order chi connectivity index (χ1) is 7.00. The van der Waals surface area contributed by atoms with E-state index < -0.39 is 12.0 Å². The van der Waals surface area contributed by atoms with Gasteiger partial charge in [0.1, 0.15) is 17.6 Å². The molecular weight excluding hydrogens is 196 g/mol. The summed E-state index contributed by atoms with van der Waals surface area (Å²) in [5, 5.41) is 12.1. The van der Waals surface area contributed by atoms with Gasteiger partial charge in [-0.2, -0.15) is 0 Å². The highest BCUT2D eigenvalue weighted by atomic mass is 16.3. The average molecular weight is 212 g/mol. The maximum atomic E-state index is 10.6. The second kappa shape index (κ2) is 4.95. The molecule has 84 valence electrons. The van der Waals surface area contributed by atoms with Gasteiger partial charge < -0.3 is 20.6 Å². The maximum Gasteiger partial charge on any atom is 0.247 e. The van der Waals surface area contributed by atoms with Gasteiger partial charge in [0.05, 0.1) is 6.04 Å². The standard InChI is InChI=1S/C10H16N2O3/c1-6-3-4-9(15-6)7(2)12-5-8(13)10(11)14/h3-4,7-8,12-13H,5H2,1-2H3,(H2,11,14). The Morgan fingerprint density at radius 1 is 1.67 bits per heavy atom. The lowest BCUT2D eigenvalue weighted by molar-refractivity contribution is -0.125. The zero-order chi connectivity index (χ0) is 11.4. The molecule has 1 heterocycles. The topological polar surface area (TPSA) is 88.5 Å². The van der Waals surface area contributed by atoms with E-state index in [2.05, 4.69) is 5.32 Å². The Kier molecular flexibility index (Phi) is 3.88. The van der Waals surface area contributed by atoms with Gasteiger partial charge in [-0.3, -0.25) is 4.79 Å². The van der Waals surface area contributed by atoms with Crippen LogP contribution in [0.2, 0.25) is 0 Å². The molecule has 0 aliphatic carbocycles. The lowest BCUT2D eigenvalue weighted by Crippen LogP contribution is -2.38. The number of nitrogens with one attached hydrogen (secondary N) is 1. The zero-order valence-corrected chi connectivity index (χ0v) is 8.86. The number of aliphatic hydroxyl groups is 1. The van der Waals surface area contributed by atoms with Crippen molar-refractivity contribution in [1.82, 2.24) is 5.32 Å². The Morgan fingerprint density at radius 3 is 2.80 bits per heavy atom. The van der Waals surface area contributed by atoms with Crippen molar-refractivity contribution < 1.29 is 14.3 Å². The van der Waals surface area contributed by atoms with Gasteiger partial charge in [0, 0.05) is 6.54 Å². The first kappa shape index (κ1) is 11.7. The van der Waals surface area contributed by atoms with Crippen molar-refractivity contribution in [1.29, 1.82) is 0 Å². The third kappa shape index (κ3) is 3.38. The number of rotatable bonds is 5. The number of furan rings is 1. The van der Waals surface area contributed by atoms with E-state index in [9.17, 15) is 4.79 Å². The quantitative estimate of drug-likeness (QED) is 0.645. The summed E-state index contributed by atoms with van der Waals surface area (Å²) < 4.78 is 5.38. The molecule has 0 fully saturated rings. The second-order valence-corrected chi connectivity index (χ2v) is 3.50. The minimum Gasteiger partial charge on any atom is -0.465 e. The lowest BCUT2D eigenvalue weighted by Gasteiger charge is -2.13. The van der Waals surface area contributed by atoms with Crippen LogP contribution >= 0.6 is 0 Å². The van der Waals surface area contributed by atoms with Gasteiger partial charge in [0.25, 0.3) is 0 Å². The fraction of sp³-hybridized carbons (Fsp3) is 0.500. The first-order valence-corrected chi connectivity index (χ1v) is 4.78. The molecule has 0 saturated heterocycles. The Balaban J connectivity index is 2.43. The van der Waals surface area contributed by atoms with E-state index >= 15 is 0 Å². The summed E-state index contributed by atoms with van der Waals surface area (Å²) in [7, 11) is 0. The Hall–Kier alpha value is -1.33. The molecule has 1 rings (SSSR count). The highest BCUT2D eigenvalue weighted by Gasteiger charge is 2.14. The molecule has 0 radical (unpaired) electrons. The molecule has 4 N–H and O–H groups in total. The molecule has 15 heavy (non-hydrogen) atoms. The highest BCUT2D eigenvalue weighted by Crippen LogP contribution is 2.15. The third-order valence-corrected chi connectivity index (χ3v) is 2.13. The molecule has 0 spiro atoms. The SMILES string of the molecule is Cc1ccc(C(C)NCC(O)C(N)=O)o1. The molecule has 0 saturated carbocycles. The molecule has 5 heteroatoms. The highest BCUT2D eigenvalue weighted by molar-refractivity contribution is 5.78. The van der Waals surface area contributed by atoms with Gasteiger partial charge in [-0.05, 0) is 26.0 Å². The summed E-state index contributed by atoms with van der Waals surface area (Å²) in [4.78, 5) is 10.6. The van der Waals surface area contributed by atoms with Crippen LogP contribution in [0.4, 0.5) is 0 Å². The number of carbonyl (C=O) groups is 1. The number of aliphatic hydroxyl groups excluding tert-OH is 1. The minimum atomic E-state index is -1.16. The number of carbonyl (C=O) groups excluding carboxylic acids is 1. The van der Waals surface area contributed by atoms with Crippen molar-refractivity contribution in [2.24, 2.45) is 5.73 Å². The normalized spacial score (nSPS) is 14.9. The molecule has 0 aliphatic heterocycles. The molecular formula is C10H16N2O3. The zero-order valence-electron chi connectivity index (χ0n) is 8.86. The summed E-state index contributed by atoms with van der Waals surface area (Å²) in [5.41, 5.74) is 4.91. The van der Waals surface area contributed by atoms with Crippen LogP contribution in [0.3, 0.4) is 0 Å². The van der Waals surface area contributed by atoms with Crippen LogP contribution in [-0.2, 0) is 4.79 Å². The van der Waals surface area contributed by atoms with Crippen LogP contribution in [0.15, 0.2) is 16.5 Å². The number of amides is 1. The number of hydrogen-bond acceptors (Lipinski definition) is 4. The monoisotopic (exact) mass is 212 g/mol. The molecule has 5 nitrogen and oxygen atoms in total. The molecule has 0 bridgehead atoms. The number of nitrogens with two attached hydrogens (primary N) is 1. The van der Waals surface area contributed by atoms with Crippen LogP contribution in [0, 0.1) is 6.92 Å². The van der Waals surface area contributed by atoms with Crippen molar-refractivity contribution in [3.8, 4) is 0 Å². The summed E-state index contributed by atoms with van der Waals surface area (Å²) in [6, 6.07) is 3.65. The summed E-state index contributed by atoms with van der Waals surface area (Å²) in [5.74, 6) is 0.864. The average Bonchev–Trinajstić information content (AvgIpc) is 2.60. The molecule has 0 aromatic carbocycles. The molecule has 2 unspecified atom stereocenters. The number of primary amides is 1. The van der Waals surface area contributed by atoms with Gasteiger partial charge in [0.15, 0.2) is 0 Å². The van der Waals surface area contributed by atoms with Crippen LogP contribution in [-0.4, -0.2) is 23.7 Å². The largest absolute Gasteiger partial charge is 0.465 e. The van der Waals surface area contributed by atoms with Gasteiger partial charge in [0.2, 0.25) is 5.91 Å². The van der Waals surface area contributed by atoms with Gasteiger partial charge >= 0.3 is 0 Å². The van der Waals surface area contributed by atoms with Crippen molar-refractivity contribution in [3.05, 3.63) is 23.7 Å². The second-order valence-electron chi connectivity index (χ2n) is 3.50. The minimum absolute atomic E-state index is 0.0623. The Morgan fingerprint density at radius 2 is 2.33 bits per heavy atom. The fourth-order valence-corrected chi connectivity index (χ4v) is 1.18. The maximum absolute atomic E-state index is 10.6. The van der Waals surface area contributed by atoms with E-state index in [1.165, 1.54) is 0 Å². The van der Waals surface area contributed by atoms with Gasteiger partial charge in [-0.25, -0.2) is 0 Å². The molecule has 1 aromatic heterocycles. The number of aryl methyl sites for hydroxylation is 1. The van der Waals surface area contributed by atoms with Gasteiger partial charge in [-0.1, -0.05) is 0 Å². The fourth-order valence-electron chi connectivity index (χ4n) is 1.18. The van der Waals surface area contributed by atoms with Crippen LogP contribution in [0.1, 0.15) is 24.5 Å². The molecule has 1 amide bonds. The van der Waals surface area contributed by atoms with E-state index in [0.717, 1.165) is 11.5 Å². The third-order valence-electron chi connectivity index (χ3n) is 2.13. The van der Waals surface area contributed by atoms with Crippen molar-refractivity contribution in [2.45, 2.75) is 26.0 Å². The number of hydrogen-bond donors (Lipinski definition) is 3. The van der Waals surface area contributed by atoms with E-state index in [0.29, 0.717) is 0 Å². The van der Waals surface area contributed by atoms with E-state index in [-0.39, 0.29) is 12.6 Å². The smallest absolute Gasteiger partial charge is 0.247 e. The Labute approximate surface area is 88.3 Å². The summed E-state index contributed by atoms with van der Waals surface area (Å²) in [6.45, 7) is 3.86. The van der Waals surface area contributed by atoms with Crippen LogP contribution in [0.5, 0.6) is 0 Å². The van der Waals surface area contributed by atoms with E-state index in [4.69, 9.17) is 15.3 Å². The van der Waals surface area contributed by atoms with Crippen LogP contribution in [0.25, 0.3) is 0 Å². The first-order valence-electron chi connectivity index (χ1n) is 4.78. The van der Waals surface area contributed by atoms with E-state index in [1.54, 1.807) is 0 Å². The predicted molar refractivity (Wildman–Crippen MR) is 55.1 cm³/mol. The molecule has 2 atom stereocenters. The predicted octanol–water partition coefficient (Wildman–Crippen LogP) is 0.0848. The van der Waals surface area contributed by atoms with Crippen molar-refractivity contribution in [3.63, 3.8) is 0 Å². The van der Waals surface area contributed by atoms with Crippen LogP contribution < -0.4 is 11.1 Å². The summed E-state index contributed by atoms with van der Waals surface area (Å²) >= 11 is 0. The lowest BCUT2D eigenvalue weighted by atomic mass is 10.2. The van der Waals surface area contributed by atoms with Gasteiger partial charge in [-0.15, -0.1) is 0 Å². The summed E-state index contributed by atoms with van der Waals surface area (Å²) in [6.07, 6.45) is -1.16.